The van der Waals surface area contributed by atoms with Gasteiger partial charge in [-0.15, -0.1) is 0 Å². The molecule has 0 fully saturated rings. The first-order valence-corrected chi connectivity index (χ1v) is 5.71. The van der Waals surface area contributed by atoms with E-state index in [0.29, 0.717) is 13.0 Å². The molecule has 0 saturated carbocycles. The molecule has 1 rings (SSSR count). The Bertz CT molecular complexity index is 370. The van der Waals surface area contributed by atoms with E-state index < -0.39 is 5.60 Å². The number of benzene rings is 1. The van der Waals surface area contributed by atoms with E-state index in [1.807, 2.05) is 31.2 Å². The Balaban J connectivity index is 2.73. The van der Waals surface area contributed by atoms with Gasteiger partial charge >= 0.3 is 0 Å². The van der Waals surface area contributed by atoms with Crippen molar-refractivity contribution in [3.8, 4) is 0 Å². The van der Waals surface area contributed by atoms with Crippen LogP contribution in [-0.4, -0.2) is 18.6 Å². The summed E-state index contributed by atoms with van der Waals surface area (Å²) >= 11 is 0. The van der Waals surface area contributed by atoms with Crippen LogP contribution in [0.25, 0.3) is 0 Å². The third kappa shape index (κ3) is 3.28. The van der Waals surface area contributed by atoms with E-state index in [4.69, 9.17) is 10.5 Å². The molecule has 1 amide bonds. The van der Waals surface area contributed by atoms with Crippen LogP contribution >= 0.6 is 0 Å². The number of ether oxygens (including phenoxy) is 1. The lowest BCUT2D eigenvalue weighted by atomic mass is 10.0. The second-order valence-corrected chi connectivity index (χ2v) is 4.14. The number of carbonyl (C=O) groups excluding carboxylic acids is 1. The van der Waals surface area contributed by atoms with Crippen LogP contribution < -0.4 is 11.1 Å². The van der Waals surface area contributed by atoms with Gasteiger partial charge in [-0.2, -0.15) is 0 Å². The molecule has 17 heavy (non-hydrogen) atoms. The first-order valence-electron chi connectivity index (χ1n) is 5.71. The largest absolute Gasteiger partial charge is 0.369 e. The molecule has 1 aromatic rings. The highest BCUT2D eigenvalue weighted by atomic mass is 16.5. The van der Waals surface area contributed by atoms with Crippen LogP contribution in [0, 0.1) is 0 Å². The number of hydrogen-bond donors (Lipinski definition) is 2. The zero-order chi connectivity index (χ0) is 12.9. The van der Waals surface area contributed by atoms with E-state index in [2.05, 4.69) is 5.32 Å². The highest BCUT2D eigenvalue weighted by Crippen LogP contribution is 2.18. The summed E-state index contributed by atoms with van der Waals surface area (Å²) in [5.41, 5.74) is 6.51. The molecule has 0 aliphatic carbocycles. The quantitative estimate of drug-likeness (QED) is 0.820. The van der Waals surface area contributed by atoms with Crippen molar-refractivity contribution < 1.29 is 9.53 Å². The molecule has 3 N–H and O–H groups in total. The fourth-order valence-corrected chi connectivity index (χ4v) is 1.39. The zero-order valence-corrected chi connectivity index (χ0v) is 10.6. The minimum atomic E-state index is -0.785. The van der Waals surface area contributed by atoms with Gasteiger partial charge < -0.3 is 15.8 Å². The molecule has 0 aliphatic heterocycles. The van der Waals surface area contributed by atoms with Crippen LogP contribution in [0.5, 0.6) is 0 Å². The normalized spacial score (nSPS) is 14.1. The van der Waals surface area contributed by atoms with E-state index >= 15 is 0 Å². The van der Waals surface area contributed by atoms with E-state index in [-0.39, 0.29) is 5.91 Å². The minimum Gasteiger partial charge on any atom is -0.369 e. The first-order chi connectivity index (χ1) is 8.05. The van der Waals surface area contributed by atoms with Crippen LogP contribution in [0.1, 0.15) is 25.8 Å². The van der Waals surface area contributed by atoms with Crippen LogP contribution in [0.4, 0.5) is 5.69 Å². The predicted octanol–water partition coefficient (Wildman–Crippen LogP) is 1.90. The maximum absolute atomic E-state index is 12.0. The third-order valence-corrected chi connectivity index (χ3v) is 3.05. The minimum absolute atomic E-state index is 0.136. The molecule has 1 atom stereocenters. The van der Waals surface area contributed by atoms with Crippen LogP contribution in [0.15, 0.2) is 24.3 Å². The van der Waals surface area contributed by atoms with E-state index in [1.54, 1.807) is 14.0 Å². The van der Waals surface area contributed by atoms with Gasteiger partial charge in [0.1, 0.15) is 5.60 Å². The molecule has 1 unspecified atom stereocenters. The molecule has 94 valence electrons. The van der Waals surface area contributed by atoms with Crippen molar-refractivity contribution in [2.24, 2.45) is 5.73 Å². The molecule has 1 aromatic carbocycles. The molecule has 0 saturated heterocycles. The topological polar surface area (TPSA) is 64.3 Å². The second kappa shape index (κ2) is 5.80. The summed E-state index contributed by atoms with van der Waals surface area (Å²) in [4.78, 5) is 12.0. The monoisotopic (exact) mass is 236 g/mol. The standard InChI is InChI=1S/C13H20N2O2/c1-4-13(2,17-3)12(16)15-11-7-5-10(9-14)6-8-11/h5-8H,4,9,14H2,1-3H3,(H,15,16). The summed E-state index contributed by atoms with van der Waals surface area (Å²) in [5.74, 6) is -0.136. The summed E-state index contributed by atoms with van der Waals surface area (Å²) in [6, 6.07) is 7.47. The van der Waals surface area contributed by atoms with Gasteiger partial charge in [-0.3, -0.25) is 4.79 Å². The third-order valence-electron chi connectivity index (χ3n) is 3.05. The van der Waals surface area contributed by atoms with Crippen molar-refractivity contribution in [3.05, 3.63) is 29.8 Å². The van der Waals surface area contributed by atoms with Gasteiger partial charge in [-0.05, 0) is 31.0 Å². The van der Waals surface area contributed by atoms with Crippen molar-refractivity contribution >= 4 is 11.6 Å². The molecule has 0 heterocycles. The predicted molar refractivity (Wildman–Crippen MR) is 68.7 cm³/mol. The molecule has 0 aliphatic rings. The van der Waals surface area contributed by atoms with Crippen molar-refractivity contribution in [2.45, 2.75) is 32.4 Å². The Morgan fingerprint density at radius 2 is 2.00 bits per heavy atom. The summed E-state index contributed by atoms with van der Waals surface area (Å²) < 4.78 is 5.23. The van der Waals surface area contributed by atoms with Crippen molar-refractivity contribution in [1.82, 2.24) is 0 Å². The molecule has 4 heteroatoms. The van der Waals surface area contributed by atoms with Gasteiger partial charge in [0.25, 0.3) is 5.91 Å². The Morgan fingerprint density at radius 3 is 2.41 bits per heavy atom. The van der Waals surface area contributed by atoms with Gasteiger partial charge in [0.2, 0.25) is 0 Å². The number of rotatable bonds is 5. The molecular weight excluding hydrogens is 216 g/mol. The molecule has 0 bridgehead atoms. The maximum atomic E-state index is 12.0. The highest BCUT2D eigenvalue weighted by molar-refractivity contribution is 5.96. The molecule has 4 nitrogen and oxygen atoms in total. The zero-order valence-electron chi connectivity index (χ0n) is 10.6. The number of hydrogen-bond acceptors (Lipinski definition) is 3. The lowest BCUT2D eigenvalue weighted by Crippen LogP contribution is -2.41. The number of methoxy groups -OCH3 is 1. The van der Waals surface area contributed by atoms with Gasteiger partial charge in [-0.1, -0.05) is 19.1 Å². The Morgan fingerprint density at radius 1 is 1.41 bits per heavy atom. The van der Waals surface area contributed by atoms with Gasteiger partial charge in [0, 0.05) is 19.3 Å². The number of nitrogens with one attached hydrogen (secondary N) is 1. The smallest absolute Gasteiger partial charge is 0.256 e. The van der Waals surface area contributed by atoms with Crippen molar-refractivity contribution in [1.29, 1.82) is 0 Å². The van der Waals surface area contributed by atoms with Gasteiger partial charge in [0.05, 0.1) is 0 Å². The fraction of sp³-hybridized carbons (Fsp3) is 0.462. The molecule has 0 radical (unpaired) electrons. The molecular formula is C13H20N2O2. The summed E-state index contributed by atoms with van der Waals surface area (Å²) in [5, 5.41) is 2.83. The Labute approximate surface area is 102 Å². The van der Waals surface area contributed by atoms with E-state index in [0.717, 1.165) is 11.3 Å². The van der Waals surface area contributed by atoms with Gasteiger partial charge in [-0.25, -0.2) is 0 Å². The van der Waals surface area contributed by atoms with E-state index in [9.17, 15) is 4.79 Å². The molecule has 0 aromatic heterocycles. The van der Waals surface area contributed by atoms with Crippen molar-refractivity contribution in [3.63, 3.8) is 0 Å². The average Bonchev–Trinajstić information content (AvgIpc) is 2.38. The first kappa shape index (κ1) is 13.7. The lowest BCUT2D eigenvalue weighted by Gasteiger charge is -2.25. The average molecular weight is 236 g/mol. The number of anilines is 1. The number of carbonyl (C=O) groups is 1. The number of nitrogens with two attached hydrogens (primary N) is 1. The number of amides is 1. The van der Waals surface area contributed by atoms with Crippen LogP contribution in [-0.2, 0) is 16.1 Å². The second-order valence-electron chi connectivity index (χ2n) is 4.14. The maximum Gasteiger partial charge on any atom is 0.256 e. The molecule has 0 spiro atoms. The Hall–Kier alpha value is -1.39. The summed E-state index contributed by atoms with van der Waals surface area (Å²) in [6.45, 7) is 4.19. The SMILES string of the molecule is CCC(C)(OC)C(=O)Nc1ccc(CN)cc1. The lowest BCUT2D eigenvalue weighted by molar-refractivity contribution is -0.136. The van der Waals surface area contributed by atoms with Crippen molar-refractivity contribution in [2.75, 3.05) is 12.4 Å². The highest BCUT2D eigenvalue weighted by Gasteiger charge is 2.30. The summed E-state index contributed by atoms with van der Waals surface area (Å²) in [6.07, 6.45) is 0.621. The Kier molecular flexibility index (Phi) is 4.66. The van der Waals surface area contributed by atoms with Crippen LogP contribution in [0.2, 0.25) is 0 Å². The summed E-state index contributed by atoms with van der Waals surface area (Å²) in [7, 11) is 1.54. The van der Waals surface area contributed by atoms with Gasteiger partial charge in [0.15, 0.2) is 0 Å². The van der Waals surface area contributed by atoms with E-state index in [1.165, 1.54) is 0 Å². The fourth-order valence-electron chi connectivity index (χ4n) is 1.39. The van der Waals surface area contributed by atoms with Crippen LogP contribution in [0.3, 0.4) is 0 Å².